The average Bonchev–Trinajstić information content (AvgIpc) is 3.05. The number of hydrogen-bond donors (Lipinski definition) is 1. The summed E-state index contributed by atoms with van der Waals surface area (Å²) in [4.78, 5) is 19.5. The van der Waals surface area contributed by atoms with Crippen LogP contribution in [0.2, 0.25) is 0 Å². The summed E-state index contributed by atoms with van der Waals surface area (Å²) < 4.78 is 1.70. The molecule has 3 aromatic rings. The van der Waals surface area contributed by atoms with Crippen molar-refractivity contribution in [3.63, 3.8) is 0 Å². The molecule has 0 unspecified atom stereocenters. The molecule has 124 valence electrons. The molecule has 1 aliphatic carbocycles. The zero-order chi connectivity index (χ0) is 17.0. The summed E-state index contributed by atoms with van der Waals surface area (Å²) in [5.41, 5.74) is 1.26. The third kappa shape index (κ3) is 1.92. The number of aromatic amines is 1. The Kier molecular flexibility index (Phi) is 2.77. The molecular weight excluding hydrogens is 318 g/mol. The molecule has 1 atom stereocenters. The summed E-state index contributed by atoms with van der Waals surface area (Å²) in [6.45, 7) is 0.503. The van der Waals surface area contributed by atoms with Gasteiger partial charge in [0.2, 0.25) is 5.91 Å². The fraction of sp³-hybridized carbons (Fsp3) is 0.353. The maximum absolute atomic E-state index is 13.1. The third-order valence-corrected chi connectivity index (χ3v) is 5.23. The highest BCUT2D eigenvalue weighted by Gasteiger charge is 2.57. The van der Waals surface area contributed by atoms with Gasteiger partial charge in [-0.15, -0.1) is 0 Å². The maximum Gasteiger partial charge on any atom is 0.249 e. The van der Waals surface area contributed by atoms with Gasteiger partial charge in [0.15, 0.2) is 5.82 Å². The van der Waals surface area contributed by atoms with Crippen LogP contribution < -0.4 is 4.90 Å². The van der Waals surface area contributed by atoms with Crippen LogP contribution in [0, 0.1) is 22.7 Å². The van der Waals surface area contributed by atoms with Crippen molar-refractivity contribution in [3.05, 3.63) is 30.7 Å². The number of nitrogens with one attached hydrogen (secondary N) is 1. The molecule has 0 radical (unpaired) electrons. The van der Waals surface area contributed by atoms with Crippen LogP contribution in [-0.4, -0.2) is 37.2 Å². The molecule has 1 saturated carbocycles. The second-order valence-corrected chi connectivity index (χ2v) is 6.65. The molecule has 0 spiro atoms. The summed E-state index contributed by atoms with van der Waals surface area (Å²) >= 11 is 0. The van der Waals surface area contributed by atoms with E-state index in [1.165, 1.54) is 0 Å². The van der Waals surface area contributed by atoms with E-state index in [0.29, 0.717) is 24.5 Å². The van der Waals surface area contributed by atoms with Crippen LogP contribution in [0.25, 0.3) is 16.9 Å². The molecule has 8 nitrogen and oxygen atoms in total. The Balaban J connectivity index is 1.65. The van der Waals surface area contributed by atoms with Crippen molar-refractivity contribution in [2.45, 2.75) is 19.3 Å². The van der Waals surface area contributed by atoms with E-state index < -0.39 is 5.41 Å². The lowest BCUT2D eigenvalue weighted by atomic mass is 9.83. The van der Waals surface area contributed by atoms with Crippen molar-refractivity contribution in [1.82, 2.24) is 24.8 Å². The number of hydrogen-bond acceptors (Lipinski definition) is 5. The lowest BCUT2D eigenvalue weighted by Crippen LogP contribution is -2.36. The van der Waals surface area contributed by atoms with E-state index in [1.807, 2.05) is 12.1 Å². The Morgan fingerprint density at radius 3 is 2.92 bits per heavy atom. The molecule has 1 saturated heterocycles. The van der Waals surface area contributed by atoms with Gasteiger partial charge in [0.1, 0.15) is 16.6 Å². The first kappa shape index (κ1) is 14.2. The zero-order valence-electron chi connectivity index (χ0n) is 13.4. The molecule has 4 heterocycles. The Bertz CT molecular complexity index is 1010. The summed E-state index contributed by atoms with van der Waals surface area (Å²) in [5.74, 6) is 0.606. The van der Waals surface area contributed by atoms with E-state index in [-0.39, 0.29) is 11.8 Å². The van der Waals surface area contributed by atoms with E-state index in [0.717, 1.165) is 24.1 Å². The first-order chi connectivity index (χ1) is 12.2. The maximum atomic E-state index is 13.1. The molecule has 25 heavy (non-hydrogen) atoms. The van der Waals surface area contributed by atoms with Crippen LogP contribution in [0.1, 0.15) is 19.3 Å². The number of rotatable bonds is 3. The molecular formula is C17H15N7O. The van der Waals surface area contributed by atoms with Gasteiger partial charge >= 0.3 is 0 Å². The van der Waals surface area contributed by atoms with Crippen LogP contribution in [0.4, 0.5) is 5.82 Å². The van der Waals surface area contributed by atoms with Gasteiger partial charge in [-0.25, -0.2) is 9.50 Å². The van der Waals surface area contributed by atoms with E-state index >= 15 is 0 Å². The second-order valence-electron chi connectivity index (χ2n) is 6.65. The summed E-state index contributed by atoms with van der Waals surface area (Å²) in [6, 6.07) is 5.96. The number of amides is 1. The molecule has 1 aliphatic heterocycles. The predicted octanol–water partition coefficient (Wildman–Crippen LogP) is 1.78. The first-order valence-corrected chi connectivity index (χ1v) is 8.30. The molecule has 3 aromatic heterocycles. The molecule has 2 fully saturated rings. The minimum atomic E-state index is -0.886. The number of carbonyl (C=O) groups excluding carboxylic acids is 1. The molecule has 8 heteroatoms. The van der Waals surface area contributed by atoms with E-state index in [4.69, 9.17) is 4.98 Å². The Hall–Kier alpha value is -3.21. The average molecular weight is 333 g/mol. The van der Waals surface area contributed by atoms with Gasteiger partial charge in [-0.1, -0.05) is 0 Å². The van der Waals surface area contributed by atoms with Crippen molar-refractivity contribution in [2.75, 3.05) is 11.4 Å². The van der Waals surface area contributed by atoms with Crippen molar-refractivity contribution in [3.8, 4) is 17.5 Å². The van der Waals surface area contributed by atoms with Gasteiger partial charge in [0, 0.05) is 12.7 Å². The second kappa shape index (κ2) is 4.89. The monoisotopic (exact) mass is 333 g/mol. The fourth-order valence-electron chi connectivity index (χ4n) is 3.73. The first-order valence-electron chi connectivity index (χ1n) is 8.30. The number of anilines is 1. The lowest BCUT2D eigenvalue weighted by Gasteiger charge is -2.21. The number of fused-ring (bicyclic) bond motifs is 1. The highest BCUT2D eigenvalue weighted by atomic mass is 16.2. The molecule has 1 amide bonds. The summed E-state index contributed by atoms with van der Waals surface area (Å²) in [6.07, 6.45) is 7.59. The molecule has 5 rings (SSSR count). The van der Waals surface area contributed by atoms with Gasteiger partial charge in [-0.05, 0) is 37.3 Å². The minimum absolute atomic E-state index is 0.130. The summed E-state index contributed by atoms with van der Waals surface area (Å²) in [5, 5.41) is 20.8. The Morgan fingerprint density at radius 1 is 1.32 bits per heavy atom. The smallest absolute Gasteiger partial charge is 0.249 e. The molecule has 0 aromatic carbocycles. The Morgan fingerprint density at radius 2 is 2.20 bits per heavy atom. The number of nitrogens with zero attached hydrogens (tertiary/aromatic N) is 6. The van der Waals surface area contributed by atoms with Crippen LogP contribution in [0.3, 0.4) is 0 Å². The largest absolute Gasteiger partial charge is 0.294 e. The summed E-state index contributed by atoms with van der Waals surface area (Å²) in [7, 11) is 0. The molecule has 1 N–H and O–H groups in total. The molecule has 2 aliphatic rings. The van der Waals surface area contributed by atoms with Crippen LogP contribution in [0.5, 0.6) is 0 Å². The number of nitriles is 1. The van der Waals surface area contributed by atoms with E-state index in [2.05, 4.69) is 21.4 Å². The Labute approximate surface area is 143 Å². The van der Waals surface area contributed by atoms with Gasteiger partial charge in [-0.2, -0.15) is 15.5 Å². The highest BCUT2D eigenvalue weighted by Crippen LogP contribution is 2.52. The normalized spacial score (nSPS) is 23.3. The minimum Gasteiger partial charge on any atom is -0.294 e. The molecule has 0 bridgehead atoms. The fourth-order valence-corrected chi connectivity index (χ4v) is 3.73. The number of carbonyl (C=O) groups is 1. The predicted molar refractivity (Wildman–Crippen MR) is 88.3 cm³/mol. The zero-order valence-corrected chi connectivity index (χ0v) is 13.4. The van der Waals surface area contributed by atoms with Crippen molar-refractivity contribution < 1.29 is 4.79 Å². The quantitative estimate of drug-likeness (QED) is 0.787. The van der Waals surface area contributed by atoms with Crippen LogP contribution in [0.15, 0.2) is 30.7 Å². The number of H-pyrrole nitrogens is 1. The SMILES string of the molecule is N#C[C@@]1(C2CC2)CCN(c2nc(-c3ccn[nH]3)cn3nccc23)C1=O. The van der Waals surface area contributed by atoms with E-state index in [9.17, 15) is 10.1 Å². The van der Waals surface area contributed by atoms with Crippen LogP contribution in [-0.2, 0) is 4.79 Å². The van der Waals surface area contributed by atoms with Gasteiger partial charge < -0.3 is 0 Å². The van der Waals surface area contributed by atoms with Gasteiger partial charge in [0.25, 0.3) is 0 Å². The number of aromatic nitrogens is 5. The third-order valence-electron chi connectivity index (χ3n) is 5.23. The topological polar surface area (TPSA) is 103 Å². The lowest BCUT2D eigenvalue weighted by molar-refractivity contribution is -0.123. The van der Waals surface area contributed by atoms with Crippen molar-refractivity contribution in [2.24, 2.45) is 11.3 Å². The van der Waals surface area contributed by atoms with Crippen molar-refractivity contribution in [1.29, 1.82) is 5.26 Å². The van der Waals surface area contributed by atoms with Gasteiger partial charge in [-0.3, -0.25) is 14.8 Å². The van der Waals surface area contributed by atoms with Crippen LogP contribution >= 0.6 is 0 Å². The van der Waals surface area contributed by atoms with Gasteiger partial charge in [0.05, 0.1) is 24.2 Å². The van der Waals surface area contributed by atoms with E-state index in [1.54, 1.807) is 28.0 Å². The van der Waals surface area contributed by atoms with Crippen molar-refractivity contribution >= 4 is 17.2 Å². The highest BCUT2D eigenvalue weighted by molar-refractivity contribution is 6.04. The standard InChI is InChI=1S/C17H15N7O/c18-10-17(11-1-2-11)5-8-23(16(17)25)15-14-4-7-20-24(14)9-13(21-15)12-3-6-19-22-12/h3-4,6-7,9,11H,1-2,5,8H2,(H,19,22)/t17-/m1/s1.